The Morgan fingerprint density at radius 1 is 0.423 bits per heavy atom. The van der Waals surface area contributed by atoms with Crippen LogP contribution in [0.15, 0.2) is 103 Å². The van der Waals surface area contributed by atoms with Crippen molar-refractivity contribution in [2.45, 2.75) is 13.3 Å². The average Bonchev–Trinajstić information content (AvgIpc) is 2.71. The van der Waals surface area contributed by atoms with Gasteiger partial charge in [0.15, 0.2) is 0 Å². The van der Waals surface area contributed by atoms with Gasteiger partial charge in [-0.1, -0.05) is 109 Å². The third kappa shape index (κ3) is 3.75. The molecule has 0 saturated heterocycles. The number of hydrogen-bond donors (Lipinski definition) is 0. The number of aryl methyl sites for hydroxylation is 1. The Morgan fingerprint density at radius 3 is 1.27 bits per heavy atom. The van der Waals surface area contributed by atoms with Crippen molar-refractivity contribution in [1.82, 2.24) is 0 Å². The van der Waals surface area contributed by atoms with E-state index in [9.17, 15) is 0 Å². The van der Waals surface area contributed by atoms with Crippen molar-refractivity contribution in [1.29, 1.82) is 0 Å². The second-order valence-corrected chi connectivity index (χ2v) is 6.80. The quantitative estimate of drug-likeness (QED) is 0.380. The summed E-state index contributed by atoms with van der Waals surface area (Å²) in [7, 11) is 0. The van der Waals surface area contributed by atoms with Crippen molar-refractivity contribution in [2.75, 3.05) is 0 Å². The molecule has 0 atom stereocenters. The molecule has 0 nitrogen and oxygen atoms in total. The van der Waals surface area contributed by atoms with Crippen molar-refractivity contribution in [3.05, 3.63) is 120 Å². The first-order chi connectivity index (χ1) is 12.8. The lowest BCUT2D eigenvalue weighted by Crippen LogP contribution is -1.89. The molecular formula is C26H22. The van der Waals surface area contributed by atoms with Crippen LogP contribution in [0.25, 0.3) is 22.3 Å². The minimum absolute atomic E-state index is 0.962. The van der Waals surface area contributed by atoms with Crippen LogP contribution in [-0.4, -0.2) is 0 Å². The number of benzene rings is 4. The summed E-state index contributed by atoms with van der Waals surface area (Å²) in [6.07, 6.45) is 0.962. The first kappa shape index (κ1) is 16.4. The van der Waals surface area contributed by atoms with Gasteiger partial charge in [-0.05, 0) is 46.7 Å². The molecule has 0 saturated carbocycles. The number of hydrogen-bond acceptors (Lipinski definition) is 0. The molecule has 126 valence electrons. The standard InChI is InChI=1S/C26H22/c1-20-7-13-24(14-8-20)26-17-11-22(12-18-26)19-21-9-15-25(16-10-21)23-5-3-2-4-6-23/h2-18H,19H2,1H3. The zero-order valence-corrected chi connectivity index (χ0v) is 15.0. The van der Waals surface area contributed by atoms with Gasteiger partial charge in [-0.3, -0.25) is 0 Å². The monoisotopic (exact) mass is 334 g/mol. The molecule has 0 amide bonds. The lowest BCUT2D eigenvalue weighted by Gasteiger charge is -2.07. The van der Waals surface area contributed by atoms with Gasteiger partial charge in [0.25, 0.3) is 0 Å². The molecule has 0 radical (unpaired) electrons. The minimum atomic E-state index is 0.962. The number of rotatable bonds is 4. The van der Waals surface area contributed by atoms with E-state index in [0.29, 0.717) is 0 Å². The summed E-state index contributed by atoms with van der Waals surface area (Å²) in [5.41, 5.74) is 9.05. The van der Waals surface area contributed by atoms with Gasteiger partial charge < -0.3 is 0 Å². The summed E-state index contributed by atoms with van der Waals surface area (Å²) in [6, 6.07) is 37.0. The molecule has 0 unspecified atom stereocenters. The van der Waals surface area contributed by atoms with Gasteiger partial charge in [0, 0.05) is 0 Å². The largest absolute Gasteiger partial charge is 0.0622 e. The Kier molecular flexibility index (Phi) is 4.66. The van der Waals surface area contributed by atoms with Crippen LogP contribution in [0.4, 0.5) is 0 Å². The van der Waals surface area contributed by atoms with E-state index in [1.807, 2.05) is 0 Å². The average molecular weight is 334 g/mol. The van der Waals surface area contributed by atoms with Gasteiger partial charge in [-0.25, -0.2) is 0 Å². The molecular weight excluding hydrogens is 312 g/mol. The molecule has 0 heterocycles. The summed E-state index contributed by atoms with van der Waals surface area (Å²) in [4.78, 5) is 0. The SMILES string of the molecule is Cc1ccc(-c2ccc(Cc3ccc(-c4ccccc4)cc3)cc2)cc1. The fraction of sp³-hybridized carbons (Fsp3) is 0.0769. The highest BCUT2D eigenvalue weighted by atomic mass is 14.1. The normalized spacial score (nSPS) is 10.7. The molecule has 0 bridgehead atoms. The predicted molar refractivity (Wildman–Crippen MR) is 111 cm³/mol. The highest BCUT2D eigenvalue weighted by Gasteiger charge is 2.01. The van der Waals surface area contributed by atoms with Crippen LogP contribution in [-0.2, 0) is 6.42 Å². The smallest absolute Gasteiger partial charge is 0.00258 e. The van der Waals surface area contributed by atoms with E-state index in [1.165, 1.54) is 38.9 Å². The van der Waals surface area contributed by atoms with E-state index < -0.39 is 0 Å². The molecule has 4 rings (SSSR count). The van der Waals surface area contributed by atoms with Crippen molar-refractivity contribution in [3.8, 4) is 22.3 Å². The molecule has 0 spiro atoms. The summed E-state index contributed by atoms with van der Waals surface area (Å²) < 4.78 is 0. The Hall–Kier alpha value is -3.12. The van der Waals surface area contributed by atoms with Gasteiger partial charge in [-0.2, -0.15) is 0 Å². The minimum Gasteiger partial charge on any atom is -0.0622 e. The van der Waals surface area contributed by atoms with E-state index >= 15 is 0 Å². The maximum absolute atomic E-state index is 2.24. The second-order valence-electron chi connectivity index (χ2n) is 6.80. The topological polar surface area (TPSA) is 0 Å². The van der Waals surface area contributed by atoms with Gasteiger partial charge in [-0.15, -0.1) is 0 Å². The van der Waals surface area contributed by atoms with Crippen LogP contribution in [0.1, 0.15) is 16.7 Å². The molecule has 0 aliphatic carbocycles. The van der Waals surface area contributed by atoms with Gasteiger partial charge in [0.2, 0.25) is 0 Å². The zero-order valence-electron chi connectivity index (χ0n) is 15.0. The van der Waals surface area contributed by atoms with E-state index in [-0.39, 0.29) is 0 Å². The third-order valence-corrected chi connectivity index (χ3v) is 4.81. The predicted octanol–water partition coefficient (Wildman–Crippen LogP) is 6.92. The molecule has 0 aromatic heterocycles. The van der Waals surface area contributed by atoms with E-state index in [4.69, 9.17) is 0 Å². The van der Waals surface area contributed by atoms with E-state index in [0.717, 1.165) is 6.42 Å². The molecule has 4 aromatic rings. The van der Waals surface area contributed by atoms with Crippen LogP contribution in [0.5, 0.6) is 0 Å². The van der Waals surface area contributed by atoms with E-state index in [1.54, 1.807) is 0 Å². The zero-order chi connectivity index (χ0) is 17.8. The molecule has 0 fully saturated rings. The van der Waals surface area contributed by atoms with Crippen LogP contribution in [0.3, 0.4) is 0 Å². The van der Waals surface area contributed by atoms with Crippen LogP contribution >= 0.6 is 0 Å². The van der Waals surface area contributed by atoms with Gasteiger partial charge in [0.1, 0.15) is 0 Å². The van der Waals surface area contributed by atoms with Gasteiger partial charge >= 0.3 is 0 Å². The molecule has 0 heteroatoms. The summed E-state index contributed by atoms with van der Waals surface area (Å²) in [6.45, 7) is 2.12. The van der Waals surface area contributed by atoms with Crippen LogP contribution < -0.4 is 0 Å². The maximum atomic E-state index is 2.24. The lowest BCUT2D eigenvalue weighted by atomic mass is 9.98. The maximum Gasteiger partial charge on any atom is -0.00258 e. The second kappa shape index (κ2) is 7.41. The Morgan fingerprint density at radius 2 is 0.808 bits per heavy atom. The molecule has 0 N–H and O–H groups in total. The first-order valence-corrected chi connectivity index (χ1v) is 9.08. The summed E-state index contributed by atoms with van der Waals surface area (Å²) in [5, 5.41) is 0. The van der Waals surface area contributed by atoms with Crippen molar-refractivity contribution >= 4 is 0 Å². The van der Waals surface area contributed by atoms with Crippen molar-refractivity contribution in [3.63, 3.8) is 0 Å². The van der Waals surface area contributed by atoms with E-state index in [2.05, 4.69) is 110 Å². The molecule has 26 heavy (non-hydrogen) atoms. The molecule has 4 aromatic carbocycles. The Balaban J connectivity index is 1.48. The van der Waals surface area contributed by atoms with Crippen molar-refractivity contribution in [2.24, 2.45) is 0 Å². The highest BCUT2D eigenvalue weighted by Crippen LogP contribution is 2.23. The fourth-order valence-electron chi connectivity index (χ4n) is 3.24. The lowest BCUT2D eigenvalue weighted by molar-refractivity contribution is 1.19. The Labute approximate surface area is 155 Å². The fourth-order valence-corrected chi connectivity index (χ4v) is 3.24. The summed E-state index contributed by atoms with van der Waals surface area (Å²) >= 11 is 0. The van der Waals surface area contributed by atoms with Crippen molar-refractivity contribution < 1.29 is 0 Å². The third-order valence-electron chi connectivity index (χ3n) is 4.81. The first-order valence-electron chi connectivity index (χ1n) is 9.08. The molecule has 0 aliphatic rings. The highest BCUT2D eigenvalue weighted by molar-refractivity contribution is 5.65. The van der Waals surface area contributed by atoms with Crippen LogP contribution in [0.2, 0.25) is 0 Å². The summed E-state index contributed by atoms with van der Waals surface area (Å²) in [5.74, 6) is 0. The van der Waals surface area contributed by atoms with Gasteiger partial charge in [0.05, 0.1) is 0 Å². The Bertz CT molecular complexity index is 961. The molecule has 0 aliphatic heterocycles. The van der Waals surface area contributed by atoms with Crippen LogP contribution in [0, 0.1) is 6.92 Å².